The third-order valence-electron chi connectivity index (χ3n) is 5.04. The zero-order valence-electron chi connectivity index (χ0n) is 16.3. The van der Waals surface area contributed by atoms with Crippen LogP contribution in [0, 0.1) is 10.1 Å². The molecule has 3 rings (SSSR count). The molecule has 0 atom stereocenters. The highest BCUT2D eigenvalue weighted by molar-refractivity contribution is 7.89. The molecular formula is C20H23N3O5S. The third kappa shape index (κ3) is 4.30. The topological polar surface area (TPSA) is 101 Å². The minimum absolute atomic E-state index is 0.0121. The molecule has 1 fully saturated rings. The molecule has 1 saturated heterocycles. The number of nitro groups is 1. The Labute approximate surface area is 169 Å². The van der Waals surface area contributed by atoms with E-state index < -0.39 is 20.9 Å². The van der Waals surface area contributed by atoms with Gasteiger partial charge in [-0.05, 0) is 29.7 Å². The Balaban J connectivity index is 1.71. The van der Waals surface area contributed by atoms with Gasteiger partial charge in [0.25, 0.3) is 11.6 Å². The summed E-state index contributed by atoms with van der Waals surface area (Å²) in [5.74, 6) is -0.154. The number of rotatable bonds is 5. The Morgan fingerprint density at radius 2 is 1.59 bits per heavy atom. The van der Waals surface area contributed by atoms with Crippen molar-refractivity contribution >= 4 is 21.6 Å². The molecule has 1 aliphatic rings. The number of piperazine rings is 1. The number of carbonyl (C=O) groups is 1. The van der Waals surface area contributed by atoms with Crippen LogP contribution in [-0.2, 0) is 10.0 Å². The molecule has 2 aromatic rings. The molecule has 0 aliphatic carbocycles. The molecule has 1 aliphatic heterocycles. The van der Waals surface area contributed by atoms with E-state index in [0.29, 0.717) is 5.92 Å². The van der Waals surface area contributed by atoms with Gasteiger partial charge in [0.1, 0.15) is 5.56 Å². The van der Waals surface area contributed by atoms with Gasteiger partial charge >= 0.3 is 0 Å². The summed E-state index contributed by atoms with van der Waals surface area (Å²) in [6, 6.07) is 12.6. The van der Waals surface area contributed by atoms with Gasteiger partial charge in [-0.25, -0.2) is 8.42 Å². The maximum atomic E-state index is 12.9. The molecule has 29 heavy (non-hydrogen) atoms. The Morgan fingerprint density at radius 3 is 2.14 bits per heavy atom. The Morgan fingerprint density at radius 1 is 1.00 bits per heavy atom. The first-order chi connectivity index (χ1) is 13.7. The molecule has 0 aromatic heterocycles. The van der Waals surface area contributed by atoms with Crippen molar-refractivity contribution in [1.82, 2.24) is 9.21 Å². The number of nitro benzene ring substituents is 1. The predicted octanol–water partition coefficient (Wildman–Crippen LogP) is 2.86. The lowest BCUT2D eigenvalue weighted by Gasteiger charge is -2.34. The van der Waals surface area contributed by atoms with Gasteiger partial charge in [0, 0.05) is 32.2 Å². The van der Waals surface area contributed by atoms with Crippen LogP contribution in [0.1, 0.15) is 35.7 Å². The smallest absolute Gasteiger partial charge is 0.282 e. The number of benzene rings is 2. The van der Waals surface area contributed by atoms with E-state index in [1.54, 1.807) is 18.2 Å². The van der Waals surface area contributed by atoms with Crippen molar-refractivity contribution in [3.63, 3.8) is 0 Å². The number of nitrogens with zero attached hydrogens (tertiary/aromatic N) is 3. The van der Waals surface area contributed by atoms with Crippen molar-refractivity contribution in [1.29, 1.82) is 0 Å². The number of sulfonamides is 1. The molecule has 2 aromatic carbocycles. The highest BCUT2D eigenvalue weighted by Crippen LogP contribution is 2.23. The Hall–Kier alpha value is -2.78. The van der Waals surface area contributed by atoms with Crippen LogP contribution < -0.4 is 0 Å². The van der Waals surface area contributed by atoms with Crippen LogP contribution in [0.5, 0.6) is 0 Å². The highest BCUT2D eigenvalue weighted by Gasteiger charge is 2.32. The van der Waals surface area contributed by atoms with E-state index in [2.05, 4.69) is 0 Å². The predicted molar refractivity (Wildman–Crippen MR) is 108 cm³/mol. The van der Waals surface area contributed by atoms with Crippen molar-refractivity contribution in [3.05, 3.63) is 69.8 Å². The maximum Gasteiger partial charge on any atom is 0.282 e. The molecule has 8 nitrogen and oxygen atoms in total. The fourth-order valence-corrected chi connectivity index (χ4v) is 4.71. The van der Waals surface area contributed by atoms with E-state index >= 15 is 0 Å². The number of carbonyl (C=O) groups excluding carboxylic acids is 1. The number of amides is 1. The van der Waals surface area contributed by atoms with E-state index in [1.165, 1.54) is 27.4 Å². The fraction of sp³-hybridized carbons (Fsp3) is 0.350. The van der Waals surface area contributed by atoms with E-state index in [9.17, 15) is 23.3 Å². The average molecular weight is 417 g/mol. The molecular weight excluding hydrogens is 394 g/mol. The van der Waals surface area contributed by atoms with Gasteiger partial charge in [-0.2, -0.15) is 4.31 Å². The van der Waals surface area contributed by atoms with Gasteiger partial charge < -0.3 is 4.90 Å². The van der Waals surface area contributed by atoms with Gasteiger partial charge in [-0.3, -0.25) is 14.9 Å². The summed E-state index contributed by atoms with van der Waals surface area (Å²) in [6.45, 7) is 4.71. The summed E-state index contributed by atoms with van der Waals surface area (Å²) in [5, 5.41) is 11.2. The third-order valence-corrected chi connectivity index (χ3v) is 6.95. The lowest BCUT2D eigenvalue weighted by atomic mass is 10.0. The standard InChI is InChI=1S/C20H23N3O5S/c1-15(2)16-7-9-17(10-8-16)29(27,28)22-13-11-21(12-14-22)20(24)18-5-3-4-6-19(18)23(25)26/h3-10,15H,11-14H2,1-2H3. The molecule has 0 radical (unpaired) electrons. The van der Waals surface area contributed by atoms with Crippen LogP contribution in [-0.4, -0.2) is 54.6 Å². The summed E-state index contributed by atoms with van der Waals surface area (Å²) in [6.07, 6.45) is 0. The second kappa shape index (κ2) is 8.30. The molecule has 0 unspecified atom stereocenters. The second-order valence-corrected chi connectivity index (χ2v) is 9.13. The highest BCUT2D eigenvalue weighted by atomic mass is 32.2. The van der Waals surface area contributed by atoms with E-state index in [0.717, 1.165) is 5.56 Å². The van der Waals surface area contributed by atoms with Gasteiger partial charge in [-0.1, -0.05) is 38.1 Å². The summed E-state index contributed by atoms with van der Waals surface area (Å²) >= 11 is 0. The van der Waals surface area contributed by atoms with Crippen LogP contribution in [0.15, 0.2) is 53.4 Å². The van der Waals surface area contributed by atoms with Crippen molar-refractivity contribution in [3.8, 4) is 0 Å². The molecule has 9 heteroatoms. The first kappa shape index (κ1) is 20.9. The van der Waals surface area contributed by atoms with Crippen molar-refractivity contribution < 1.29 is 18.1 Å². The van der Waals surface area contributed by atoms with Crippen molar-refractivity contribution in [2.45, 2.75) is 24.7 Å². The zero-order valence-corrected chi connectivity index (χ0v) is 17.1. The summed E-state index contributed by atoms with van der Waals surface area (Å²) in [7, 11) is -3.65. The van der Waals surface area contributed by atoms with E-state index in [4.69, 9.17) is 0 Å². The Kier molecular flexibility index (Phi) is 5.99. The SMILES string of the molecule is CC(C)c1ccc(S(=O)(=O)N2CCN(C(=O)c3ccccc3[N+](=O)[O-])CC2)cc1. The van der Waals surface area contributed by atoms with Crippen molar-refractivity contribution in [2.24, 2.45) is 0 Å². The zero-order chi connectivity index (χ0) is 21.2. The van der Waals surface area contributed by atoms with Crippen LogP contribution >= 0.6 is 0 Å². The van der Waals surface area contributed by atoms with Crippen LogP contribution in [0.25, 0.3) is 0 Å². The largest absolute Gasteiger partial charge is 0.336 e. The fourth-order valence-electron chi connectivity index (χ4n) is 3.29. The lowest BCUT2D eigenvalue weighted by Crippen LogP contribution is -2.50. The minimum Gasteiger partial charge on any atom is -0.336 e. The van der Waals surface area contributed by atoms with Crippen LogP contribution in [0.3, 0.4) is 0 Å². The van der Waals surface area contributed by atoms with Crippen LogP contribution in [0.4, 0.5) is 5.69 Å². The number of hydrogen-bond donors (Lipinski definition) is 0. The first-order valence-corrected chi connectivity index (χ1v) is 10.8. The normalized spacial score (nSPS) is 15.5. The summed E-state index contributed by atoms with van der Waals surface area (Å²) in [5.41, 5.74) is 0.819. The molecule has 0 bridgehead atoms. The quantitative estimate of drug-likeness (QED) is 0.550. The Bertz CT molecular complexity index is 1010. The van der Waals surface area contributed by atoms with Crippen LogP contribution in [0.2, 0.25) is 0 Å². The summed E-state index contributed by atoms with van der Waals surface area (Å²) in [4.78, 5) is 25.0. The molecule has 1 heterocycles. The van der Waals surface area contributed by atoms with Gasteiger partial charge in [0.05, 0.1) is 9.82 Å². The second-order valence-electron chi connectivity index (χ2n) is 7.19. The maximum absolute atomic E-state index is 12.9. The molecule has 154 valence electrons. The number of para-hydroxylation sites is 1. The van der Waals surface area contributed by atoms with E-state index in [1.807, 2.05) is 26.0 Å². The van der Waals surface area contributed by atoms with E-state index in [-0.39, 0.29) is 42.3 Å². The average Bonchev–Trinajstić information content (AvgIpc) is 2.73. The molecule has 0 N–H and O–H groups in total. The van der Waals surface area contributed by atoms with Gasteiger partial charge in [-0.15, -0.1) is 0 Å². The summed E-state index contributed by atoms with van der Waals surface area (Å²) < 4.78 is 27.1. The number of hydrogen-bond acceptors (Lipinski definition) is 5. The monoisotopic (exact) mass is 417 g/mol. The van der Waals surface area contributed by atoms with Gasteiger partial charge in [0.2, 0.25) is 10.0 Å². The minimum atomic E-state index is -3.65. The van der Waals surface area contributed by atoms with Crippen molar-refractivity contribution in [2.75, 3.05) is 26.2 Å². The molecule has 0 spiro atoms. The molecule has 0 saturated carbocycles. The molecule has 1 amide bonds. The van der Waals surface area contributed by atoms with Gasteiger partial charge in [0.15, 0.2) is 0 Å². The first-order valence-electron chi connectivity index (χ1n) is 9.34. The lowest BCUT2D eigenvalue weighted by molar-refractivity contribution is -0.385.